The smallest absolute Gasteiger partial charge is 0.145 e. The number of nitrogens with one attached hydrogen (secondary N) is 1. The van der Waals surface area contributed by atoms with Crippen molar-refractivity contribution in [2.24, 2.45) is 0 Å². The summed E-state index contributed by atoms with van der Waals surface area (Å²) in [6, 6.07) is 10.4. The fraction of sp³-hybridized carbons (Fsp3) is 0. The van der Waals surface area contributed by atoms with Gasteiger partial charge in [0.1, 0.15) is 11.5 Å². The van der Waals surface area contributed by atoms with E-state index in [1.54, 1.807) is 48.8 Å². The first-order valence-electron chi connectivity index (χ1n) is 4.44. The van der Waals surface area contributed by atoms with E-state index < -0.39 is 0 Å². The normalized spacial score (nSPS) is 9.67. The van der Waals surface area contributed by atoms with Crippen LogP contribution in [0.2, 0.25) is 0 Å². The summed E-state index contributed by atoms with van der Waals surface area (Å²) in [5.41, 5.74) is 2.28. The molecule has 0 saturated heterocycles. The number of nitrogens with zero attached hydrogens (tertiary/aromatic N) is 1. The monoisotopic (exact) mass is 201 g/mol. The minimum atomic E-state index is 0.469. The Morgan fingerprint density at radius 2 is 2.00 bits per heavy atom. The molecule has 4 nitrogen and oxygen atoms in total. The molecule has 2 rings (SSSR count). The van der Waals surface area contributed by atoms with Gasteiger partial charge in [-0.05, 0) is 24.3 Å². The van der Waals surface area contributed by atoms with E-state index in [4.69, 9.17) is 4.74 Å². The number of ether oxygens (including phenoxy) is 1. The van der Waals surface area contributed by atoms with Crippen molar-refractivity contribution in [1.29, 1.82) is 0 Å². The van der Waals surface area contributed by atoms with Crippen LogP contribution in [-0.4, -0.2) is 4.98 Å². The molecular formula is C11H9N2O2-. The minimum Gasteiger partial charge on any atom is -0.761 e. The van der Waals surface area contributed by atoms with E-state index in [2.05, 4.69) is 4.98 Å². The Morgan fingerprint density at radius 3 is 2.73 bits per heavy atom. The molecule has 1 aromatic heterocycles. The predicted molar refractivity (Wildman–Crippen MR) is 57.7 cm³/mol. The number of anilines is 1. The Bertz CT molecular complexity index is 432. The van der Waals surface area contributed by atoms with Gasteiger partial charge in [0, 0.05) is 18.0 Å². The summed E-state index contributed by atoms with van der Waals surface area (Å²) < 4.78 is 5.48. The molecule has 0 radical (unpaired) electrons. The van der Waals surface area contributed by atoms with E-state index in [0.717, 1.165) is 0 Å². The van der Waals surface area contributed by atoms with Gasteiger partial charge >= 0.3 is 0 Å². The van der Waals surface area contributed by atoms with Gasteiger partial charge in [-0.25, -0.2) is 0 Å². The zero-order valence-electron chi connectivity index (χ0n) is 7.88. The molecule has 0 unspecified atom stereocenters. The van der Waals surface area contributed by atoms with E-state index in [0.29, 0.717) is 17.2 Å². The number of hydrogen-bond acceptors (Lipinski definition) is 4. The van der Waals surface area contributed by atoms with E-state index in [1.807, 2.05) is 5.48 Å². The highest BCUT2D eigenvalue weighted by Crippen LogP contribution is 2.22. The molecule has 0 amide bonds. The third kappa shape index (κ3) is 2.45. The Balaban J connectivity index is 2.17. The average Bonchev–Trinajstić information content (AvgIpc) is 2.31. The van der Waals surface area contributed by atoms with Crippen molar-refractivity contribution >= 4 is 5.69 Å². The molecule has 2 aromatic rings. The molecule has 0 atom stereocenters. The summed E-state index contributed by atoms with van der Waals surface area (Å²) in [5, 5.41) is 10.4. The van der Waals surface area contributed by atoms with Gasteiger partial charge in [0.05, 0.1) is 6.20 Å². The molecule has 76 valence electrons. The molecule has 0 spiro atoms. The molecule has 0 fully saturated rings. The van der Waals surface area contributed by atoms with Crippen molar-refractivity contribution < 1.29 is 4.74 Å². The van der Waals surface area contributed by atoms with Crippen molar-refractivity contribution in [2.75, 3.05) is 5.48 Å². The van der Waals surface area contributed by atoms with Crippen LogP contribution in [0, 0.1) is 5.21 Å². The van der Waals surface area contributed by atoms with Crippen LogP contribution in [0.25, 0.3) is 0 Å². The first kappa shape index (κ1) is 9.48. The molecule has 1 aromatic carbocycles. The molecule has 0 aliphatic carbocycles. The van der Waals surface area contributed by atoms with Crippen LogP contribution in [0.4, 0.5) is 5.69 Å². The molecule has 0 aliphatic rings. The van der Waals surface area contributed by atoms with Crippen LogP contribution in [-0.2, 0) is 0 Å². The standard InChI is InChI=1S/C11H9N2O2/c14-13-9-3-1-4-10(7-9)15-11-5-2-6-12-8-11/h1-8,13H/q-1. The summed E-state index contributed by atoms with van der Waals surface area (Å²) in [5.74, 6) is 1.24. The molecule has 15 heavy (non-hydrogen) atoms. The Hall–Kier alpha value is -2.07. The maximum absolute atomic E-state index is 10.4. The number of benzene rings is 1. The second-order valence-corrected chi connectivity index (χ2v) is 2.92. The summed E-state index contributed by atoms with van der Waals surface area (Å²) in [7, 11) is 0. The number of aromatic nitrogens is 1. The molecule has 0 aliphatic heterocycles. The zero-order chi connectivity index (χ0) is 10.5. The molecule has 4 heteroatoms. The maximum atomic E-state index is 10.4. The van der Waals surface area contributed by atoms with E-state index in [-0.39, 0.29) is 0 Å². The first-order valence-corrected chi connectivity index (χ1v) is 4.44. The van der Waals surface area contributed by atoms with Crippen LogP contribution in [0.15, 0.2) is 48.8 Å². The summed E-state index contributed by atoms with van der Waals surface area (Å²) in [6.45, 7) is 0. The quantitative estimate of drug-likeness (QED) is 0.776. The summed E-state index contributed by atoms with van der Waals surface area (Å²) in [4.78, 5) is 3.92. The molecule has 0 bridgehead atoms. The molecule has 0 saturated carbocycles. The van der Waals surface area contributed by atoms with Crippen LogP contribution >= 0.6 is 0 Å². The lowest BCUT2D eigenvalue weighted by molar-refractivity contribution is 0.480. The van der Waals surface area contributed by atoms with Gasteiger partial charge < -0.3 is 15.4 Å². The Labute approximate surface area is 87.1 Å². The predicted octanol–water partition coefficient (Wildman–Crippen LogP) is 2.78. The Morgan fingerprint density at radius 1 is 1.13 bits per heavy atom. The lowest BCUT2D eigenvalue weighted by Crippen LogP contribution is -1.87. The van der Waals surface area contributed by atoms with Gasteiger partial charge in [-0.3, -0.25) is 4.98 Å². The topological polar surface area (TPSA) is 57.2 Å². The van der Waals surface area contributed by atoms with Crippen molar-refractivity contribution in [3.63, 3.8) is 0 Å². The summed E-state index contributed by atoms with van der Waals surface area (Å²) in [6.07, 6.45) is 3.28. The maximum Gasteiger partial charge on any atom is 0.145 e. The second-order valence-electron chi connectivity index (χ2n) is 2.92. The minimum absolute atomic E-state index is 0.469. The van der Waals surface area contributed by atoms with Gasteiger partial charge in [0.2, 0.25) is 0 Å². The van der Waals surface area contributed by atoms with Gasteiger partial charge in [-0.1, -0.05) is 6.07 Å². The van der Waals surface area contributed by atoms with Gasteiger partial charge in [-0.2, -0.15) is 0 Å². The SMILES string of the molecule is [O-]Nc1cccc(Oc2cccnc2)c1. The van der Waals surface area contributed by atoms with Gasteiger partial charge in [0.15, 0.2) is 0 Å². The lowest BCUT2D eigenvalue weighted by Gasteiger charge is -2.11. The van der Waals surface area contributed by atoms with Crippen molar-refractivity contribution in [1.82, 2.24) is 4.98 Å². The molecule has 1 heterocycles. The van der Waals surface area contributed by atoms with Gasteiger partial charge in [0.25, 0.3) is 0 Å². The van der Waals surface area contributed by atoms with E-state index in [1.165, 1.54) is 0 Å². The fourth-order valence-electron chi connectivity index (χ4n) is 1.17. The highest BCUT2D eigenvalue weighted by molar-refractivity contribution is 5.49. The zero-order valence-corrected chi connectivity index (χ0v) is 7.88. The van der Waals surface area contributed by atoms with E-state index >= 15 is 0 Å². The number of hydrogen-bond donors (Lipinski definition) is 1. The molecule has 1 N–H and O–H groups in total. The fourth-order valence-corrected chi connectivity index (χ4v) is 1.17. The van der Waals surface area contributed by atoms with Crippen molar-refractivity contribution in [2.45, 2.75) is 0 Å². The molecular weight excluding hydrogens is 192 g/mol. The highest BCUT2D eigenvalue weighted by atomic mass is 16.5. The van der Waals surface area contributed by atoms with Crippen LogP contribution in [0.1, 0.15) is 0 Å². The Kier molecular flexibility index (Phi) is 2.80. The second kappa shape index (κ2) is 4.43. The lowest BCUT2D eigenvalue weighted by atomic mass is 10.3. The average molecular weight is 201 g/mol. The van der Waals surface area contributed by atoms with Crippen LogP contribution in [0.5, 0.6) is 11.5 Å². The van der Waals surface area contributed by atoms with Gasteiger partial charge in [-0.15, -0.1) is 0 Å². The van der Waals surface area contributed by atoms with Crippen LogP contribution in [0.3, 0.4) is 0 Å². The highest BCUT2D eigenvalue weighted by Gasteiger charge is 1.96. The third-order valence-corrected chi connectivity index (χ3v) is 1.82. The van der Waals surface area contributed by atoms with Crippen molar-refractivity contribution in [3.05, 3.63) is 54.0 Å². The third-order valence-electron chi connectivity index (χ3n) is 1.82. The largest absolute Gasteiger partial charge is 0.761 e. The number of rotatable bonds is 3. The van der Waals surface area contributed by atoms with E-state index in [9.17, 15) is 5.21 Å². The first-order chi connectivity index (χ1) is 7.38. The summed E-state index contributed by atoms with van der Waals surface area (Å²) >= 11 is 0. The number of pyridine rings is 1. The van der Waals surface area contributed by atoms with Crippen LogP contribution < -0.4 is 10.2 Å². The van der Waals surface area contributed by atoms with Crippen molar-refractivity contribution in [3.8, 4) is 11.5 Å².